The molecule has 0 radical (unpaired) electrons. The Morgan fingerprint density at radius 1 is 1.15 bits per heavy atom. The predicted molar refractivity (Wildman–Crippen MR) is 131 cm³/mol. The van der Waals surface area contributed by atoms with Crippen LogP contribution >= 0.6 is 0 Å². The summed E-state index contributed by atoms with van der Waals surface area (Å²) in [5.41, 5.74) is 5.26. The van der Waals surface area contributed by atoms with E-state index in [1.165, 1.54) is 0 Å². The zero-order chi connectivity index (χ0) is 24.2. The van der Waals surface area contributed by atoms with Crippen LogP contribution in [-0.4, -0.2) is 53.0 Å². The van der Waals surface area contributed by atoms with E-state index in [0.29, 0.717) is 36.7 Å². The smallest absolute Gasteiger partial charge is 0.273 e. The Morgan fingerprint density at radius 3 is 2.71 bits per heavy atom. The number of benzene rings is 2. The number of phenols is 1. The number of hydrogen-bond acceptors (Lipinski definition) is 5. The molecular formula is C27H33N3O4. The molecule has 1 unspecified atom stereocenters. The lowest BCUT2D eigenvalue weighted by Gasteiger charge is -2.26. The molecule has 7 nitrogen and oxygen atoms in total. The minimum atomic E-state index is -0.370. The summed E-state index contributed by atoms with van der Waals surface area (Å²) in [7, 11) is 1.63. The normalized spacial score (nSPS) is 15.1. The quantitative estimate of drug-likeness (QED) is 0.406. The number of amides is 1. The zero-order valence-electron chi connectivity index (χ0n) is 20.4. The van der Waals surface area contributed by atoms with E-state index in [-0.39, 0.29) is 17.7 Å². The highest BCUT2D eigenvalue weighted by Gasteiger charge is 2.42. The molecular weight excluding hydrogens is 430 g/mol. The average Bonchev–Trinajstić information content (AvgIpc) is 3.34. The van der Waals surface area contributed by atoms with Gasteiger partial charge in [0.05, 0.1) is 19.3 Å². The summed E-state index contributed by atoms with van der Waals surface area (Å²) in [4.78, 5) is 15.2. The van der Waals surface area contributed by atoms with Gasteiger partial charge >= 0.3 is 0 Å². The molecule has 0 spiro atoms. The van der Waals surface area contributed by atoms with Crippen LogP contribution in [0.25, 0.3) is 11.3 Å². The summed E-state index contributed by atoms with van der Waals surface area (Å²) >= 11 is 0. The van der Waals surface area contributed by atoms with Crippen LogP contribution in [0.2, 0.25) is 0 Å². The third kappa shape index (κ3) is 4.53. The molecule has 0 fully saturated rings. The lowest BCUT2D eigenvalue weighted by molar-refractivity contribution is 0.0677. The average molecular weight is 464 g/mol. The van der Waals surface area contributed by atoms with Crippen LogP contribution < -0.4 is 4.74 Å². The fraction of sp³-hybridized carbons (Fsp3) is 0.407. The molecule has 180 valence electrons. The Kier molecular flexibility index (Phi) is 7.22. The van der Waals surface area contributed by atoms with Crippen molar-refractivity contribution in [2.75, 3.05) is 26.9 Å². The molecule has 4 rings (SSSR count). The summed E-state index contributed by atoms with van der Waals surface area (Å²) < 4.78 is 11.3. The second-order valence-electron chi connectivity index (χ2n) is 8.86. The first kappa shape index (κ1) is 23.8. The standard InChI is InChI=1S/C27H33N3O4/c1-5-6-7-12-34-20-10-8-9-19(16-20)26-23-24(22-18(3)14-17(2)15-21(22)31)28-29-25(23)27(32)30(26)11-13-33-4/h8-10,14-16,26,31H,5-7,11-13H2,1-4H3,(H,28,29). The maximum atomic E-state index is 13.4. The van der Waals surface area contributed by atoms with Crippen molar-refractivity contribution in [3.8, 4) is 22.8 Å². The SMILES string of the molecule is CCCCCOc1cccc(C2c3c(-c4c(C)cc(C)cc4O)n[nH]c3C(=O)N2CCOC)c1. The number of aromatic nitrogens is 2. The minimum Gasteiger partial charge on any atom is -0.507 e. The number of H-pyrrole nitrogens is 1. The molecule has 0 saturated carbocycles. The number of carbonyl (C=O) groups is 1. The maximum Gasteiger partial charge on any atom is 0.273 e. The fourth-order valence-electron chi connectivity index (χ4n) is 4.72. The first-order valence-electron chi connectivity index (χ1n) is 11.9. The lowest BCUT2D eigenvalue weighted by atomic mass is 9.93. The van der Waals surface area contributed by atoms with Crippen molar-refractivity contribution in [2.24, 2.45) is 0 Å². The number of aryl methyl sites for hydroxylation is 2. The number of phenolic OH excluding ortho intramolecular Hbond substituents is 1. The van der Waals surface area contributed by atoms with Crippen molar-refractivity contribution >= 4 is 5.91 Å². The zero-order valence-corrected chi connectivity index (χ0v) is 20.4. The third-order valence-electron chi connectivity index (χ3n) is 6.29. The highest BCUT2D eigenvalue weighted by molar-refractivity contribution is 6.00. The summed E-state index contributed by atoms with van der Waals surface area (Å²) in [5.74, 6) is 0.802. The topological polar surface area (TPSA) is 87.7 Å². The van der Waals surface area contributed by atoms with Gasteiger partial charge in [0, 0.05) is 24.8 Å². The van der Waals surface area contributed by atoms with Gasteiger partial charge in [0.25, 0.3) is 5.91 Å². The fourth-order valence-corrected chi connectivity index (χ4v) is 4.72. The number of carbonyl (C=O) groups excluding carboxylic acids is 1. The van der Waals surface area contributed by atoms with Crippen molar-refractivity contribution in [3.05, 3.63) is 64.3 Å². The molecule has 0 bridgehead atoms. The van der Waals surface area contributed by atoms with E-state index in [2.05, 4.69) is 17.1 Å². The van der Waals surface area contributed by atoms with Crippen molar-refractivity contribution in [2.45, 2.75) is 46.1 Å². The van der Waals surface area contributed by atoms with Gasteiger partial charge in [-0.25, -0.2) is 0 Å². The Bertz CT molecular complexity index is 1150. The molecule has 3 aromatic rings. The molecule has 1 aromatic heterocycles. The Balaban J connectivity index is 1.78. The van der Waals surface area contributed by atoms with Crippen molar-refractivity contribution < 1.29 is 19.4 Å². The molecule has 1 amide bonds. The van der Waals surface area contributed by atoms with Crippen LogP contribution in [0.4, 0.5) is 0 Å². The van der Waals surface area contributed by atoms with Gasteiger partial charge in [-0.2, -0.15) is 5.10 Å². The number of methoxy groups -OCH3 is 1. The van der Waals surface area contributed by atoms with Gasteiger partial charge in [-0.1, -0.05) is 38.0 Å². The van der Waals surface area contributed by atoms with Crippen LogP contribution in [0.1, 0.15) is 65.0 Å². The number of rotatable bonds is 10. The predicted octanol–water partition coefficient (Wildman–Crippen LogP) is 5.16. The van der Waals surface area contributed by atoms with E-state index in [9.17, 15) is 9.90 Å². The molecule has 7 heteroatoms. The van der Waals surface area contributed by atoms with Gasteiger partial charge < -0.3 is 19.5 Å². The first-order chi connectivity index (χ1) is 16.5. The molecule has 0 aliphatic carbocycles. The van der Waals surface area contributed by atoms with E-state index in [4.69, 9.17) is 9.47 Å². The number of hydrogen-bond donors (Lipinski definition) is 2. The molecule has 2 aromatic carbocycles. The summed E-state index contributed by atoms with van der Waals surface area (Å²) in [6.45, 7) is 7.56. The van der Waals surface area contributed by atoms with E-state index in [1.807, 2.05) is 44.2 Å². The number of unbranched alkanes of at least 4 members (excludes halogenated alkanes) is 2. The van der Waals surface area contributed by atoms with Crippen molar-refractivity contribution in [1.82, 2.24) is 15.1 Å². The van der Waals surface area contributed by atoms with Gasteiger partial charge in [-0.05, 0) is 55.2 Å². The molecule has 2 N–H and O–H groups in total. The van der Waals surface area contributed by atoms with Crippen LogP contribution in [0.15, 0.2) is 36.4 Å². The van der Waals surface area contributed by atoms with Gasteiger partial charge in [0.1, 0.15) is 22.9 Å². The van der Waals surface area contributed by atoms with Gasteiger partial charge in [0.15, 0.2) is 0 Å². The molecule has 0 saturated heterocycles. The largest absolute Gasteiger partial charge is 0.507 e. The number of fused-ring (bicyclic) bond motifs is 1. The third-order valence-corrected chi connectivity index (χ3v) is 6.29. The van der Waals surface area contributed by atoms with Gasteiger partial charge in [-0.3, -0.25) is 9.89 Å². The first-order valence-corrected chi connectivity index (χ1v) is 11.9. The van der Waals surface area contributed by atoms with Crippen LogP contribution in [0, 0.1) is 13.8 Å². The number of aromatic hydroxyl groups is 1. The highest BCUT2D eigenvalue weighted by Crippen LogP contribution is 2.45. The van der Waals surface area contributed by atoms with E-state index >= 15 is 0 Å². The van der Waals surface area contributed by atoms with Gasteiger partial charge in [-0.15, -0.1) is 0 Å². The molecule has 1 aliphatic heterocycles. The second-order valence-corrected chi connectivity index (χ2v) is 8.86. The van der Waals surface area contributed by atoms with E-state index in [1.54, 1.807) is 18.1 Å². The van der Waals surface area contributed by atoms with Crippen molar-refractivity contribution in [1.29, 1.82) is 0 Å². The van der Waals surface area contributed by atoms with E-state index < -0.39 is 0 Å². The number of nitrogens with one attached hydrogen (secondary N) is 1. The minimum absolute atomic E-state index is 0.130. The molecule has 34 heavy (non-hydrogen) atoms. The van der Waals surface area contributed by atoms with E-state index in [0.717, 1.165) is 47.3 Å². The Hall–Kier alpha value is -3.32. The Morgan fingerprint density at radius 2 is 1.97 bits per heavy atom. The number of nitrogens with zero attached hydrogens (tertiary/aromatic N) is 2. The lowest BCUT2D eigenvalue weighted by Crippen LogP contribution is -2.32. The summed E-state index contributed by atoms with van der Waals surface area (Å²) in [6, 6.07) is 11.3. The molecule has 2 heterocycles. The van der Waals surface area contributed by atoms with Crippen molar-refractivity contribution in [3.63, 3.8) is 0 Å². The highest BCUT2D eigenvalue weighted by atomic mass is 16.5. The maximum absolute atomic E-state index is 13.4. The monoisotopic (exact) mass is 463 g/mol. The number of ether oxygens (including phenoxy) is 2. The Labute approximate surface area is 200 Å². The van der Waals surface area contributed by atoms with Crippen LogP contribution in [0.3, 0.4) is 0 Å². The second kappa shape index (κ2) is 10.3. The summed E-state index contributed by atoms with van der Waals surface area (Å²) in [5, 5.41) is 18.2. The van der Waals surface area contributed by atoms with Crippen LogP contribution in [0.5, 0.6) is 11.5 Å². The van der Waals surface area contributed by atoms with Crippen LogP contribution in [-0.2, 0) is 4.74 Å². The molecule has 1 atom stereocenters. The molecule has 1 aliphatic rings. The van der Waals surface area contributed by atoms with Gasteiger partial charge in [0.2, 0.25) is 0 Å². The summed E-state index contributed by atoms with van der Waals surface area (Å²) in [6.07, 6.45) is 3.27. The number of aromatic amines is 1.